The lowest BCUT2D eigenvalue weighted by Crippen LogP contribution is -2.24. The van der Waals surface area contributed by atoms with Gasteiger partial charge in [-0.2, -0.15) is 5.26 Å². The number of hydrogen-bond acceptors (Lipinski definition) is 5. The fourth-order valence-electron chi connectivity index (χ4n) is 1.64. The van der Waals surface area contributed by atoms with Gasteiger partial charge in [0.2, 0.25) is 10.0 Å². The number of benzene rings is 1. The zero-order chi connectivity index (χ0) is 14.6. The van der Waals surface area contributed by atoms with Gasteiger partial charge in [0.05, 0.1) is 22.7 Å². The van der Waals surface area contributed by atoms with Gasteiger partial charge >= 0.3 is 0 Å². The zero-order valence-corrected chi connectivity index (χ0v) is 11.6. The number of aromatic nitrogens is 2. The third-order valence-corrected chi connectivity index (χ3v) is 4.03. The molecule has 0 aliphatic heterocycles. The Labute approximate surface area is 117 Å². The molecule has 7 heteroatoms. The molecule has 2 aromatic rings. The van der Waals surface area contributed by atoms with E-state index in [1.54, 1.807) is 31.3 Å². The highest BCUT2D eigenvalue weighted by atomic mass is 32.2. The van der Waals surface area contributed by atoms with Crippen molar-refractivity contribution in [1.82, 2.24) is 14.7 Å². The summed E-state index contributed by atoms with van der Waals surface area (Å²) in [5, 5.41) is 8.94. The van der Waals surface area contributed by atoms with E-state index in [1.165, 1.54) is 12.1 Å². The lowest BCUT2D eigenvalue weighted by atomic mass is 10.2. The summed E-state index contributed by atoms with van der Waals surface area (Å²) < 4.78 is 26.8. The molecule has 0 spiro atoms. The molecular formula is C13H12N4O2S. The Bertz CT molecular complexity index is 766. The van der Waals surface area contributed by atoms with E-state index < -0.39 is 10.0 Å². The Kier molecular flexibility index (Phi) is 4.08. The highest BCUT2D eigenvalue weighted by Gasteiger charge is 2.17. The quantitative estimate of drug-likeness (QED) is 0.910. The summed E-state index contributed by atoms with van der Waals surface area (Å²) in [7, 11) is -3.75. The average Bonchev–Trinajstić information content (AvgIpc) is 2.45. The first-order chi connectivity index (χ1) is 9.53. The maximum atomic E-state index is 12.2. The lowest BCUT2D eigenvalue weighted by Gasteiger charge is -2.07. The van der Waals surface area contributed by atoms with Crippen LogP contribution in [0.15, 0.2) is 41.4 Å². The summed E-state index contributed by atoms with van der Waals surface area (Å²) in [5.74, 6) is 0.569. The number of nitrogens with one attached hydrogen (secondary N) is 1. The van der Waals surface area contributed by atoms with Crippen molar-refractivity contribution in [2.24, 2.45) is 0 Å². The van der Waals surface area contributed by atoms with Gasteiger partial charge in [-0.05, 0) is 25.1 Å². The van der Waals surface area contributed by atoms with Crippen LogP contribution in [-0.2, 0) is 16.6 Å². The molecule has 102 valence electrons. The summed E-state index contributed by atoms with van der Waals surface area (Å²) in [6.45, 7) is 1.77. The molecule has 0 bridgehead atoms. The number of nitrogens with zero attached hydrogens (tertiary/aromatic N) is 3. The van der Waals surface area contributed by atoms with Gasteiger partial charge in [0.1, 0.15) is 11.9 Å². The molecule has 0 unspecified atom stereocenters. The van der Waals surface area contributed by atoms with Crippen molar-refractivity contribution in [3.05, 3.63) is 53.6 Å². The van der Waals surface area contributed by atoms with Crippen molar-refractivity contribution in [2.45, 2.75) is 18.4 Å². The van der Waals surface area contributed by atoms with E-state index in [9.17, 15) is 8.42 Å². The van der Waals surface area contributed by atoms with E-state index >= 15 is 0 Å². The van der Waals surface area contributed by atoms with Gasteiger partial charge in [-0.3, -0.25) is 0 Å². The molecule has 1 heterocycles. The largest absolute Gasteiger partial charge is 0.242 e. The molecule has 0 radical (unpaired) electrons. The predicted octanol–water partition coefficient (Wildman–Crippen LogP) is 1.14. The highest BCUT2D eigenvalue weighted by molar-refractivity contribution is 7.89. The average molecular weight is 288 g/mol. The van der Waals surface area contributed by atoms with Gasteiger partial charge in [0, 0.05) is 6.20 Å². The molecule has 0 fully saturated rings. The number of nitriles is 1. The maximum Gasteiger partial charge on any atom is 0.242 e. The Morgan fingerprint density at radius 3 is 2.75 bits per heavy atom. The monoisotopic (exact) mass is 288 g/mol. The molecule has 1 N–H and O–H groups in total. The molecular weight excluding hydrogens is 276 g/mol. The van der Waals surface area contributed by atoms with E-state index in [0.717, 1.165) is 0 Å². The molecule has 2 rings (SSSR count). The first kappa shape index (κ1) is 14.1. The third kappa shape index (κ3) is 3.17. The van der Waals surface area contributed by atoms with Gasteiger partial charge in [-0.25, -0.2) is 23.1 Å². The van der Waals surface area contributed by atoms with E-state index in [2.05, 4.69) is 14.7 Å². The number of sulfonamides is 1. The van der Waals surface area contributed by atoms with Crippen LogP contribution >= 0.6 is 0 Å². The van der Waals surface area contributed by atoms with Gasteiger partial charge in [0.15, 0.2) is 0 Å². The molecule has 1 aromatic carbocycles. The van der Waals surface area contributed by atoms with Crippen LogP contribution in [0.5, 0.6) is 0 Å². The second-order valence-electron chi connectivity index (χ2n) is 4.03. The molecule has 0 aliphatic rings. The van der Waals surface area contributed by atoms with Crippen LogP contribution in [0.3, 0.4) is 0 Å². The van der Waals surface area contributed by atoms with Crippen molar-refractivity contribution in [2.75, 3.05) is 0 Å². The minimum absolute atomic E-state index is 0.0340. The van der Waals surface area contributed by atoms with Gasteiger partial charge in [-0.1, -0.05) is 12.1 Å². The van der Waals surface area contributed by atoms with E-state index in [4.69, 9.17) is 5.26 Å². The fourth-order valence-corrected chi connectivity index (χ4v) is 2.80. The highest BCUT2D eigenvalue weighted by Crippen LogP contribution is 2.14. The first-order valence-corrected chi connectivity index (χ1v) is 7.28. The van der Waals surface area contributed by atoms with Crippen LogP contribution in [0, 0.1) is 18.3 Å². The fraction of sp³-hybridized carbons (Fsp3) is 0.154. The van der Waals surface area contributed by atoms with Crippen LogP contribution < -0.4 is 4.72 Å². The molecule has 6 nitrogen and oxygen atoms in total. The van der Waals surface area contributed by atoms with E-state index in [-0.39, 0.29) is 17.0 Å². The summed E-state index contributed by atoms with van der Waals surface area (Å²) in [6.07, 6.45) is 1.56. The second-order valence-corrected chi connectivity index (χ2v) is 5.76. The minimum Gasteiger partial charge on any atom is -0.242 e. The zero-order valence-electron chi connectivity index (χ0n) is 10.7. The topological polar surface area (TPSA) is 95.7 Å². The molecule has 1 aromatic heterocycles. The molecule has 0 amide bonds. The summed E-state index contributed by atoms with van der Waals surface area (Å²) >= 11 is 0. The smallest absolute Gasteiger partial charge is 0.242 e. The summed E-state index contributed by atoms with van der Waals surface area (Å²) in [6, 6.07) is 9.54. The van der Waals surface area contributed by atoms with E-state index in [1.807, 2.05) is 6.07 Å². The third-order valence-electron chi connectivity index (χ3n) is 2.57. The van der Waals surface area contributed by atoms with Crippen LogP contribution in [-0.4, -0.2) is 18.4 Å². The van der Waals surface area contributed by atoms with Gasteiger partial charge < -0.3 is 0 Å². The van der Waals surface area contributed by atoms with E-state index in [0.29, 0.717) is 11.5 Å². The first-order valence-electron chi connectivity index (χ1n) is 5.80. The minimum atomic E-state index is -3.75. The summed E-state index contributed by atoms with van der Waals surface area (Å²) in [4.78, 5) is 8.01. The molecule has 0 saturated heterocycles. The molecule has 0 aliphatic carbocycles. The van der Waals surface area contributed by atoms with Gasteiger partial charge in [0.25, 0.3) is 0 Å². The Hall–Kier alpha value is -2.30. The Morgan fingerprint density at radius 1 is 1.30 bits per heavy atom. The van der Waals surface area contributed by atoms with Crippen LogP contribution in [0.2, 0.25) is 0 Å². The van der Waals surface area contributed by atoms with Crippen molar-refractivity contribution in [3.8, 4) is 6.07 Å². The maximum absolute atomic E-state index is 12.2. The van der Waals surface area contributed by atoms with Crippen LogP contribution in [0.4, 0.5) is 0 Å². The Morgan fingerprint density at radius 2 is 2.05 bits per heavy atom. The van der Waals surface area contributed by atoms with Crippen LogP contribution in [0.1, 0.15) is 17.1 Å². The van der Waals surface area contributed by atoms with Crippen molar-refractivity contribution < 1.29 is 8.42 Å². The number of aryl methyl sites for hydroxylation is 1. The SMILES string of the molecule is Cc1nccc(CNS(=O)(=O)c2ccccc2C#N)n1. The van der Waals surface area contributed by atoms with Crippen molar-refractivity contribution in [1.29, 1.82) is 5.26 Å². The molecule has 20 heavy (non-hydrogen) atoms. The second kappa shape index (κ2) is 5.77. The Balaban J connectivity index is 2.22. The predicted molar refractivity (Wildman–Crippen MR) is 72.0 cm³/mol. The van der Waals surface area contributed by atoms with Gasteiger partial charge in [-0.15, -0.1) is 0 Å². The normalized spacial score (nSPS) is 11.0. The number of hydrogen-bond donors (Lipinski definition) is 1. The lowest BCUT2D eigenvalue weighted by molar-refractivity contribution is 0.580. The number of rotatable bonds is 4. The summed E-state index contributed by atoms with van der Waals surface area (Å²) in [5.41, 5.74) is 0.675. The molecule has 0 saturated carbocycles. The van der Waals surface area contributed by atoms with Crippen molar-refractivity contribution in [3.63, 3.8) is 0 Å². The molecule has 0 atom stereocenters. The van der Waals surface area contributed by atoms with Crippen molar-refractivity contribution >= 4 is 10.0 Å². The van der Waals surface area contributed by atoms with Crippen LogP contribution in [0.25, 0.3) is 0 Å². The standard InChI is InChI=1S/C13H12N4O2S/c1-10-15-7-6-12(17-10)9-16-20(18,19)13-5-3-2-4-11(13)8-14/h2-7,16H,9H2,1H3.